The second-order valence-electron chi connectivity index (χ2n) is 6.33. The lowest BCUT2D eigenvalue weighted by Crippen LogP contribution is -2.17. The van der Waals surface area contributed by atoms with Gasteiger partial charge in [0, 0.05) is 5.56 Å². The van der Waals surface area contributed by atoms with E-state index in [4.69, 9.17) is 8.92 Å². The highest BCUT2D eigenvalue weighted by Gasteiger charge is 2.19. The van der Waals surface area contributed by atoms with Gasteiger partial charge in [0.2, 0.25) is 0 Å². The van der Waals surface area contributed by atoms with Gasteiger partial charge in [-0.2, -0.15) is 13.5 Å². The van der Waals surface area contributed by atoms with Crippen molar-refractivity contribution in [1.82, 2.24) is 5.43 Å². The maximum atomic E-state index is 12.6. The third-order valence-electron chi connectivity index (χ3n) is 4.11. The Labute approximate surface area is 175 Å². The van der Waals surface area contributed by atoms with Gasteiger partial charge in [-0.1, -0.05) is 35.9 Å². The number of aryl methyl sites for hydroxylation is 1. The molecule has 7 nitrogen and oxygen atoms in total. The smallest absolute Gasteiger partial charge is 0.339 e. The highest BCUT2D eigenvalue weighted by Crippen LogP contribution is 2.30. The van der Waals surface area contributed by atoms with Crippen LogP contribution in [0, 0.1) is 6.92 Å². The van der Waals surface area contributed by atoms with Crippen LogP contribution in [0.1, 0.15) is 21.5 Å². The Morgan fingerprint density at radius 2 is 1.67 bits per heavy atom. The lowest BCUT2D eigenvalue weighted by Gasteiger charge is -2.11. The molecule has 1 amide bonds. The van der Waals surface area contributed by atoms with E-state index in [-0.39, 0.29) is 22.3 Å². The number of hydrazone groups is 1. The molecule has 0 aromatic heterocycles. The van der Waals surface area contributed by atoms with Gasteiger partial charge in [0.25, 0.3) is 5.91 Å². The average Bonchev–Trinajstić information content (AvgIpc) is 2.74. The van der Waals surface area contributed by atoms with Gasteiger partial charge in [0.1, 0.15) is 4.90 Å². The largest absolute Gasteiger partial charge is 0.493 e. The third kappa shape index (κ3) is 5.24. The van der Waals surface area contributed by atoms with E-state index < -0.39 is 10.1 Å². The van der Waals surface area contributed by atoms with Crippen LogP contribution in [0.2, 0.25) is 0 Å². The standard InChI is InChI=1S/C22H20N2O5S/c1-16-8-11-19(12-9-16)30(26,27)29-21-14-17(10-13-20(21)28-2)15-23-24-22(25)18-6-4-3-5-7-18/h3-15H,1-2H3,(H,24,25)/b23-15+. The highest BCUT2D eigenvalue weighted by molar-refractivity contribution is 7.87. The first-order chi connectivity index (χ1) is 14.4. The van der Waals surface area contributed by atoms with Crippen molar-refractivity contribution in [2.75, 3.05) is 7.11 Å². The second-order valence-corrected chi connectivity index (χ2v) is 7.87. The fourth-order valence-corrected chi connectivity index (χ4v) is 3.46. The van der Waals surface area contributed by atoms with Gasteiger partial charge < -0.3 is 8.92 Å². The van der Waals surface area contributed by atoms with Crippen molar-refractivity contribution in [3.8, 4) is 11.5 Å². The number of rotatable bonds is 7. The number of benzene rings is 3. The van der Waals surface area contributed by atoms with Crippen LogP contribution >= 0.6 is 0 Å². The summed E-state index contributed by atoms with van der Waals surface area (Å²) in [7, 11) is -2.63. The van der Waals surface area contributed by atoms with E-state index >= 15 is 0 Å². The van der Waals surface area contributed by atoms with Crippen molar-refractivity contribution < 1.29 is 22.1 Å². The summed E-state index contributed by atoms with van der Waals surface area (Å²) in [4.78, 5) is 12.1. The molecular formula is C22H20N2O5S. The minimum atomic E-state index is -4.04. The van der Waals surface area contributed by atoms with E-state index in [0.717, 1.165) is 5.56 Å². The van der Waals surface area contributed by atoms with Crippen LogP contribution < -0.4 is 14.3 Å². The van der Waals surface area contributed by atoms with E-state index in [9.17, 15) is 13.2 Å². The molecule has 1 N–H and O–H groups in total. The summed E-state index contributed by atoms with van der Waals surface area (Å²) in [6.07, 6.45) is 1.38. The number of amides is 1. The molecular weight excluding hydrogens is 404 g/mol. The van der Waals surface area contributed by atoms with Crippen LogP contribution in [0.5, 0.6) is 11.5 Å². The van der Waals surface area contributed by atoms with Gasteiger partial charge in [-0.05, 0) is 55.0 Å². The Balaban J connectivity index is 1.78. The Kier molecular flexibility index (Phi) is 6.48. The van der Waals surface area contributed by atoms with Crippen LogP contribution in [0.4, 0.5) is 0 Å². The monoisotopic (exact) mass is 424 g/mol. The molecule has 0 spiro atoms. The molecule has 8 heteroatoms. The highest BCUT2D eigenvalue weighted by atomic mass is 32.2. The molecule has 0 aliphatic heterocycles. The summed E-state index contributed by atoms with van der Waals surface area (Å²) in [5.41, 5.74) is 4.33. The molecule has 0 aliphatic rings. The molecule has 0 aliphatic carbocycles. The Morgan fingerprint density at radius 1 is 0.967 bits per heavy atom. The molecule has 0 radical (unpaired) electrons. The van der Waals surface area contributed by atoms with Crippen LogP contribution in [-0.4, -0.2) is 27.6 Å². The second kappa shape index (κ2) is 9.23. The molecule has 0 bridgehead atoms. The topological polar surface area (TPSA) is 94.1 Å². The molecule has 0 fully saturated rings. The fourth-order valence-electron chi connectivity index (χ4n) is 2.53. The van der Waals surface area contributed by atoms with Gasteiger partial charge in [0.15, 0.2) is 11.5 Å². The van der Waals surface area contributed by atoms with Gasteiger partial charge in [-0.15, -0.1) is 0 Å². The quantitative estimate of drug-likeness (QED) is 0.356. The number of carbonyl (C=O) groups is 1. The number of ether oxygens (including phenoxy) is 1. The first-order valence-corrected chi connectivity index (χ1v) is 10.4. The first-order valence-electron chi connectivity index (χ1n) is 8.97. The Hall–Kier alpha value is -3.65. The zero-order valence-corrected chi connectivity index (χ0v) is 17.2. The number of methoxy groups -OCH3 is 1. The van der Waals surface area contributed by atoms with Gasteiger partial charge in [0.05, 0.1) is 13.3 Å². The summed E-state index contributed by atoms with van der Waals surface area (Å²) in [6, 6.07) is 19.6. The lowest BCUT2D eigenvalue weighted by molar-refractivity contribution is 0.0955. The molecule has 3 rings (SSSR count). The zero-order chi connectivity index (χ0) is 21.6. The van der Waals surface area contributed by atoms with E-state index in [1.165, 1.54) is 31.5 Å². The predicted octanol–water partition coefficient (Wildman–Crippen LogP) is 3.54. The molecule has 154 valence electrons. The predicted molar refractivity (Wildman–Crippen MR) is 113 cm³/mol. The van der Waals surface area contributed by atoms with Crippen LogP contribution in [-0.2, 0) is 10.1 Å². The fraction of sp³-hybridized carbons (Fsp3) is 0.0909. The van der Waals surface area contributed by atoms with Crippen molar-refractivity contribution in [1.29, 1.82) is 0 Å². The zero-order valence-electron chi connectivity index (χ0n) is 16.4. The molecule has 0 atom stereocenters. The first kappa shape index (κ1) is 21.1. The van der Waals surface area contributed by atoms with Crippen LogP contribution in [0.3, 0.4) is 0 Å². The molecule has 0 heterocycles. The van der Waals surface area contributed by atoms with E-state index in [0.29, 0.717) is 11.1 Å². The van der Waals surface area contributed by atoms with Crippen molar-refractivity contribution in [3.63, 3.8) is 0 Å². The van der Waals surface area contributed by atoms with Gasteiger partial charge in [-0.25, -0.2) is 5.43 Å². The number of hydrogen-bond donors (Lipinski definition) is 1. The molecule has 30 heavy (non-hydrogen) atoms. The number of nitrogens with one attached hydrogen (secondary N) is 1. The maximum Gasteiger partial charge on any atom is 0.339 e. The summed E-state index contributed by atoms with van der Waals surface area (Å²) < 4.78 is 35.7. The molecule has 3 aromatic rings. The molecule has 0 unspecified atom stereocenters. The normalized spacial score (nSPS) is 11.3. The molecule has 0 saturated carbocycles. The molecule has 3 aromatic carbocycles. The van der Waals surface area contributed by atoms with Gasteiger partial charge >= 0.3 is 10.1 Å². The summed E-state index contributed by atoms with van der Waals surface area (Å²) in [6.45, 7) is 1.86. The Morgan fingerprint density at radius 3 is 2.33 bits per heavy atom. The molecule has 0 saturated heterocycles. The minimum absolute atomic E-state index is 0.0106. The van der Waals surface area contributed by atoms with E-state index in [1.807, 2.05) is 13.0 Å². The SMILES string of the molecule is COc1ccc(/C=N/NC(=O)c2ccccc2)cc1OS(=O)(=O)c1ccc(C)cc1. The van der Waals surface area contributed by atoms with Crippen molar-refractivity contribution in [2.45, 2.75) is 11.8 Å². The van der Waals surface area contributed by atoms with Crippen molar-refractivity contribution in [3.05, 3.63) is 89.5 Å². The third-order valence-corrected chi connectivity index (χ3v) is 5.36. The van der Waals surface area contributed by atoms with Gasteiger partial charge in [-0.3, -0.25) is 4.79 Å². The number of nitrogens with zero attached hydrogens (tertiary/aromatic N) is 1. The Bertz CT molecular complexity index is 1160. The van der Waals surface area contributed by atoms with Crippen molar-refractivity contribution in [2.24, 2.45) is 5.10 Å². The van der Waals surface area contributed by atoms with E-state index in [2.05, 4.69) is 10.5 Å². The summed E-state index contributed by atoms with van der Waals surface area (Å²) >= 11 is 0. The average molecular weight is 424 g/mol. The van der Waals surface area contributed by atoms with Crippen molar-refractivity contribution >= 4 is 22.2 Å². The lowest BCUT2D eigenvalue weighted by atomic mass is 10.2. The summed E-state index contributed by atoms with van der Waals surface area (Å²) in [5, 5.41) is 3.91. The van der Waals surface area contributed by atoms with Crippen LogP contribution in [0.15, 0.2) is 82.8 Å². The minimum Gasteiger partial charge on any atom is -0.493 e. The maximum absolute atomic E-state index is 12.6. The number of hydrogen-bond acceptors (Lipinski definition) is 6. The van der Waals surface area contributed by atoms with E-state index in [1.54, 1.807) is 48.5 Å². The summed E-state index contributed by atoms with van der Waals surface area (Å²) in [5.74, 6) is -0.105. The van der Waals surface area contributed by atoms with Crippen LogP contribution in [0.25, 0.3) is 0 Å². The number of carbonyl (C=O) groups excluding carboxylic acids is 1.